The fourth-order valence-electron chi connectivity index (χ4n) is 2.07. The zero-order chi connectivity index (χ0) is 13.1. The molecule has 1 aromatic heterocycles. The van der Waals surface area contributed by atoms with Crippen LogP contribution in [0.3, 0.4) is 0 Å². The van der Waals surface area contributed by atoms with Gasteiger partial charge in [-0.2, -0.15) is 0 Å². The van der Waals surface area contributed by atoms with E-state index in [1.807, 2.05) is 18.2 Å². The van der Waals surface area contributed by atoms with E-state index in [1.54, 1.807) is 0 Å². The monoisotopic (exact) mass is 284 g/mol. The van der Waals surface area contributed by atoms with Gasteiger partial charge in [0.1, 0.15) is 5.82 Å². The average molecular weight is 285 g/mol. The summed E-state index contributed by atoms with van der Waals surface area (Å²) in [6, 6.07) is 5.88. The van der Waals surface area contributed by atoms with Crippen molar-refractivity contribution in [1.29, 1.82) is 0 Å². The molecule has 0 saturated carbocycles. The first kappa shape index (κ1) is 13.7. The number of alkyl halides is 1. The molecule has 0 bridgehead atoms. The highest BCUT2D eigenvalue weighted by Crippen LogP contribution is 2.22. The maximum absolute atomic E-state index is 6.02. The van der Waals surface area contributed by atoms with Gasteiger partial charge in [-0.1, -0.05) is 31.9 Å². The van der Waals surface area contributed by atoms with Crippen LogP contribution in [0.15, 0.2) is 18.2 Å². The van der Waals surface area contributed by atoms with Gasteiger partial charge in [0.15, 0.2) is 0 Å². The molecule has 1 unspecified atom stereocenters. The van der Waals surface area contributed by atoms with Crippen LogP contribution in [0.1, 0.15) is 26.1 Å². The molecule has 1 atom stereocenters. The average Bonchev–Trinajstić information content (AvgIpc) is 2.67. The first-order valence-corrected chi connectivity index (χ1v) is 7.27. The molecule has 2 nitrogen and oxygen atoms in total. The summed E-state index contributed by atoms with van der Waals surface area (Å²) < 4.78 is 2.28. The van der Waals surface area contributed by atoms with E-state index in [9.17, 15) is 0 Å². The van der Waals surface area contributed by atoms with Crippen LogP contribution in [0.25, 0.3) is 11.0 Å². The smallest absolute Gasteiger partial charge is 0.111 e. The molecule has 98 valence electrons. The molecule has 0 aliphatic heterocycles. The minimum absolute atomic E-state index is 0.595. The van der Waals surface area contributed by atoms with Crippen LogP contribution >= 0.6 is 23.2 Å². The Morgan fingerprint density at radius 1 is 1.39 bits per heavy atom. The van der Waals surface area contributed by atoms with Gasteiger partial charge in [-0.05, 0) is 24.1 Å². The molecular formula is C14H18Cl2N2. The summed E-state index contributed by atoms with van der Waals surface area (Å²) in [4.78, 5) is 4.64. The van der Waals surface area contributed by atoms with Crippen LogP contribution in [-0.4, -0.2) is 15.4 Å². The van der Waals surface area contributed by atoms with E-state index in [-0.39, 0.29) is 0 Å². The molecule has 0 aliphatic rings. The number of hydrogen-bond donors (Lipinski definition) is 0. The zero-order valence-corrected chi connectivity index (χ0v) is 12.3. The van der Waals surface area contributed by atoms with Crippen molar-refractivity contribution in [3.05, 3.63) is 29.0 Å². The molecule has 1 heterocycles. The molecule has 0 radical (unpaired) electrons. The number of fused-ring (bicyclic) bond motifs is 1. The number of halogens is 2. The topological polar surface area (TPSA) is 17.8 Å². The Morgan fingerprint density at radius 3 is 2.83 bits per heavy atom. The maximum atomic E-state index is 6.02. The van der Waals surface area contributed by atoms with Crippen LogP contribution < -0.4 is 0 Å². The lowest BCUT2D eigenvalue weighted by Crippen LogP contribution is -2.10. The molecule has 0 aliphatic carbocycles. The van der Waals surface area contributed by atoms with E-state index >= 15 is 0 Å². The second-order valence-corrected chi connectivity index (χ2v) is 5.54. The highest BCUT2D eigenvalue weighted by Gasteiger charge is 2.12. The summed E-state index contributed by atoms with van der Waals surface area (Å²) in [5.74, 6) is 2.28. The molecule has 0 fully saturated rings. The summed E-state index contributed by atoms with van der Waals surface area (Å²) in [5.41, 5.74) is 2.12. The van der Waals surface area contributed by atoms with Crippen molar-refractivity contribution >= 4 is 34.2 Å². The minimum Gasteiger partial charge on any atom is -0.328 e. The number of rotatable bonds is 5. The first-order valence-electron chi connectivity index (χ1n) is 6.36. The van der Waals surface area contributed by atoms with E-state index in [0.29, 0.717) is 11.8 Å². The number of imidazole rings is 1. The second-order valence-electron chi connectivity index (χ2n) is 4.72. The van der Waals surface area contributed by atoms with Crippen LogP contribution in [0.2, 0.25) is 5.02 Å². The molecule has 18 heavy (non-hydrogen) atoms. The Hall–Kier alpha value is -0.730. The van der Waals surface area contributed by atoms with Gasteiger partial charge in [0.2, 0.25) is 0 Å². The molecule has 0 N–H and O–H groups in total. The fourth-order valence-corrected chi connectivity index (χ4v) is 2.41. The van der Waals surface area contributed by atoms with Crippen molar-refractivity contribution in [3.8, 4) is 0 Å². The number of aromatic nitrogens is 2. The Kier molecular flexibility index (Phi) is 4.52. The number of hydrogen-bond acceptors (Lipinski definition) is 1. The third kappa shape index (κ3) is 2.81. The molecule has 4 heteroatoms. The van der Waals surface area contributed by atoms with Crippen molar-refractivity contribution in [2.75, 3.05) is 5.88 Å². The molecule has 0 spiro atoms. The normalized spacial score (nSPS) is 13.1. The highest BCUT2D eigenvalue weighted by molar-refractivity contribution is 6.31. The molecule has 1 aromatic carbocycles. The van der Waals surface area contributed by atoms with Crippen LogP contribution in [0.5, 0.6) is 0 Å². The Bertz CT molecular complexity index is 534. The third-order valence-corrected chi connectivity index (χ3v) is 3.72. The van der Waals surface area contributed by atoms with E-state index < -0.39 is 0 Å². The zero-order valence-electron chi connectivity index (χ0n) is 10.8. The number of aryl methyl sites for hydroxylation is 1. The lowest BCUT2D eigenvalue weighted by atomic mass is 10.1. The Labute approximate surface area is 118 Å². The van der Waals surface area contributed by atoms with E-state index in [4.69, 9.17) is 23.2 Å². The summed E-state index contributed by atoms with van der Waals surface area (Å²) >= 11 is 11.9. The molecule has 0 amide bonds. The largest absolute Gasteiger partial charge is 0.328 e. The van der Waals surface area contributed by atoms with E-state index in [0.717, 1.165) is 41.3 Å². The lowest BCUT2D eigenvalue weighted by molar-refractivity contribution is 0.466. The van der Waals surface area contributed by atoms with Gasteiger partial charge in [-0.15, -0.1) is 11.6 Å². The second kappa shape index (κ2) is 5.94. The fraction of sp³-hybridized carbons (Fsp3) is 0.500. The van der Waals surface area contributed by atoms with Gasteiger partial charge in [0.25, 0.3) is 0 Å². The minimum atomic E-state index is 0.595. The van der Waals surface area contributed by atoms with E-state index in [1.165, 1.54) is 0 Å². The van der Waals surface area contributed by atoms with Crippen molar-refractivity contribution < 1.29 is 0 Å². The van der Waals surface area contributed by atoms with Gasteiger partial charge in [0.05, 0.1) is 11.0 Å². The van der Waals surface area contributed by atoms with Gasteiger partial charge in [-0.3, -0.25) is 0 Å². The first-order chi connectivity index (χ1) is 8.65. The Morgan fingerprint density at radius 2 is 2.17 bits per heavy atom. The molecule has 0 saturated heterocycles. The van der Waals surface area contributed by atoms with Crippen molar-refractivity contribution in [2.45, 2.75) is 33.2 Å². The van der Waals surface area contributed by atoms with Crippen molar-refractivity contribution in [1.82, 2.24) is 9.55 Å². The standard InChI is InChI=1S/C14H18Cl2N2/c1-3-10(2)9-18-13-5-4-11(16)8-12(13)17-14(18)6-7-15/h4-5,8,10H,3,6-7,9H2,1-2H3. The molecular weight excluding hydrogens is 267 g/mol. The number of benzene rings is 1. The van der Waals surface area contributed by atoms with Crippen LogP contribution in [-0.2, 0) is 13.0 Å². The SMILES string of the molecule is CCC(C)Cn1c(CCCl)nc2cc(Cl)ccc21. The molecule has 2 aromatic rings. The predicted molar refractivity (Wildman–Crippen MR) is 78.6 cm³/mol. The van der Waals surface area contributed by atoms with Crippen LogP contribution in [0.4, 0.5) is 0 Å². The maximum Gasteiger partial charge on any atom is 0.111 e. The van der Waals surface area contributed by atoms with Gasteiger partial charge < -0.3 is 4.57 Å². The summed E-state index contributed by atoms with van der Waals surface area (Å²) in [7, 11) is 0. The van der Waals surface area contributed by atoms with Crippen molar-refractivity contribution in [2.24, 2.45) is 5.92 Å². The third-order valence-electron chi connectivity index (χ3n) is 3.30. The van der Waals surface area contributed by atoms with E-state index in [2.05, 4.69) is 23.4 Å². The van der Waals surface area contributed by atoms with Crippen LogP contribution in [0, 0.1) is 5.92 Å². The molecule has 2 rings (SSSR count). The van der Waals surface area contributed by atoms with Crippen molar-refractivity contribution in [3.63, 3.8) is 0 Å². The highest BCUT2D eigenvalue weighted by atomic mass is 35.5. The predicted octanol–water partition coefficient (Wildman–Crippen LogP) is 4.52. The van der Waals surface area contributed by atoms with Gasteiger partial charge in [-0.25, -0.2) is 4.98 Å². The summed E-state index contributed by atoms with van der Waals surface area (Å²) in [6.07, 6.45) is 1.96. The quantitative estimate of drug-likeness (QED) is 0.739. The summed E-state index contributed by atoms with van der Waals surface area (Å²) in [6.45, 7) is 5.45. The summed E-state index contributed by atoms with van der Waals surface area (Å²) in [5, 5.41) is 0.730. The number of nitrogens with zero attached hydrogens (tertiary/aromatic N) is 2. The van der Waals surface area contributed by atoms with Gasteiger partial charge >= 0.3 is 0 Å². The van der Waals surface area contributed by atoms with Gasteiger partial charge in [0, 0.05) is 23.9 Å². The Balaban J connectivity index is 2.48. The lowest BCUT2D eigenvalue weighted by Gasteiger charge is -2.13.